The molecule has 2 saturated carbocycles. The van der Waals surface area contributed by atoms with Crippen LogP contribution in [0.15, 0.2) is 4.99 Å². The van der Waals surface area contributed by atoms with Crippen molar-refractivity contribution >= 4 is 5.96 Å². The minimum absolute atomic E-state index is 0.521. The van der Waals surface area contributed by atoms with E-state index in [1.165, 1.54) is 64.2 Å². The maximum atomic E-state index is 6.19. The van der Waals surface area contributed by atoms with Crippen molar-refractivity contribution in [3.63, 3.8) is 0 Å². The van der Waals surface area contributed by atoms with E-state index in [4.69, 9.17) is 10.7 Å². The molecule has 3 nitrogen and oxygen atoms in total. The summed E-state index contributed by atoms with van der Waals surface area (Å²) in [4.78, 5) is 7.07. The van der Waals surface area contributed by atoms with Crippen LogP contribution in [0.1, 0.15) is 64.2 Å². The Hall–Kier alpha value is -0.730. The fourth-order valence-electron chi connectivity index (χ4n) is 4.14. The zero-order valence-corrected chi connectivity index (χ0v) is 11.5. The van der Waals surface area contributed by atoms with Crippen molar-refractivity contribution in [3.8, 4) is 0 Å². The SMILES string of the molecule is NC(=NC1CCCC1)N1CCC2(CCCC2)CC1. The molecule has 0 atom stereocenters. The first-order valence-corrected chi connectivity index (χ1v) is 7.86. The number of rotatable bonds is 1. The molecule has 18 heavy (non-hydrogen) atoms. The van der Waals surface area contributed by atoms with E-state index in [1.807, 2.05) is 0 Å². The first-order chi connectivity index (χ1) is 8.77. The molecule has 0 aromatic rings. The molecule has 0 amide bonds. The lowest BCUT2D eigenvalue weighted by atomic mass is 9.77. The number of piperidine rings is 1. The highest BCUT2D eigenvalue weighted by Crippen LogP contribution is 2.46. The van der Waals surface area contributed by atoms with E-state index < -0.39 is 0 Å². The Kier molecular flexibility index (Phi) is 3.49. The topological polar surface area (TPSA) is 41.6 Å². The standard InChI is InChI=1S/C15H27N3/c16-14(17-13-5-1-2-6-13)18-11-9-15(10-12-18)7-3-4-8-15/h13H,1-12H2,(H2,16,17). The molecular weight excluding hydrogens is 222 g/mol. The summed E-state index contributed by atoms with van der Waals surface area (Å²) in [6.07, 6.45) is 13.7. The summed E-state index contributed by atoms with van der Waals surface area (Å²) in [5.41, 5.74) is 6.88. The van der Waals surface area contributed by atoms with Crippen molar-refractivity contribution in [3.05, 3.63) is 0 Å². The van der Waals surface area contributed by atoms with Crippen LogP contribution in [0.4, 0.5) is 0 Å². The third-order valence-electron chi connectivity index (χ3n) is 5.45. The van der Waals surface area contributed by atoms with Crippen molar-refractivity contribution < 1.29 is 0 Å². The van der Waals surface area contributed by atoms with Gasteiger partial charge in [0.1, 0.15) is 0 Å². The predicted molar refractivity (Wildman–Crippen MR) is 75.6 cm³/mol. The van der Waals surface area contributed by atoms with Gasteiger partial charge in [0, 0.05) is 13.1 Å². The summed E-state index contributed by atoms with van der Waals surface area (Å²) in [5.74, 6) is 0.828. The number of likely N-dealkylation sites (tertiary alicyclic amines) is 1. The molecule has 0 radical (unpaired) electrons. The molecule has 1 aliphatic heterocycles. The molecule has 3 heteroatoms. The first-order valence-electron chi connectivity index (χ1n) is 7.86. The van der Waals surface area contributed by atoms with E-state index in [9.17, 15) is 0 Å². The lowest BCUT2D eigenvalue weighted by Gasteiger charge is -2.40. The quantitative estimate of drug-likeness (QED) is 0.573. The average molecular weight is 249 g/mol. The first kappa shape index (κ1) is 12.3. The summed E-state index contributed by atoms with van der Waals surface area (Å²) in [6, 6.07) is 0.521. The Morgan fingerprint density at radius 2 is 1.56 bits per heavy atom. The molecule has 0 bridgehead atoms. The van der Waals surface area contributed by atoms with E-state index in [0.29, 0.717) is 11.5 Å². The third-order valence-corrected chi connectivity index (χ3v) is 5.45. The normalized spacial score (nSPS) is 29.3. The Balaban J connectivity index is 1.55. The van der Waals surface area contributed by atoms with Gasteiger partial charge in [-0.1, -0.05) is 25.7 Å². The van der Waals surface area contributed by atoms with Crippen LogP contribution in [-0.2, 0) is 0 Å². The van der Waals surface area contributed by atoms with Gasteiger partial charge in [0.25, 0.3) is 0 Å². The van der Waals surface area contributed by atoms with Gasteiger partial charge in [0.05, 0.1) is 6.04 Å². The van der Waals surface area contributed by atoms with Gasteiger partial charge in [0.2, 0.25) is 0 Å². The number of nitrogens with zero attached hydrogens (tertiary/aromatic N) is 2. The number of nitrogens with two attached hydrogens (primary N) is 1. The number of hydrogen-bond acceptors (Lipinski definition) is 1. The molecule has 0 aromatic heterocycles. The van der Waals surface area contributed by atoms with Gasteiger partial charge in [0.15, 0.2) is 5.96 Å². The molecule has 3 fully saturated rings. The highest BCUT2D eigenvalue weighted by Gasteiger charge is 2.37. The van der Waals surface area contributed by atoms with Crippen molar-refractivity contribution in [1.82, 2.24) is 4.90 Å². The van der Waals surface area contributed by atoms with Crippen LogP contribution in [0.25, 0.3) is 0 Å². The molecule has 0 aromatic carbocycles. The smallest absolute Gasteiger partial charge is 0.191 e. The van der Waals surface area contributed by atoms with Crippen LogP contribution >= 0.6 is 0 Å². The summed E-state index contributed by atoms with van der Waals surface area (Å²) < 4.78 is 0. The molecule has 2 aliphatic carbocycles. The van der Waals surface area contributed by atoms with Crippen LogP contribution < -0.4 is 5.73 Å². The second-order valence-corrected chi connectivity index (χ2v) is 6.62. The fourth-order valence-corrected chi connectivity index (χ4v) is 4.14. The number of hydrogen-bond donors (Lipinski definition) is 1. The predicted octanol–water partition coefficient (Wildman–Crippen LogP) is 2.90. The maximum Gasteiger partial charge on any atom is 0.191 e. The summed E-state index contributed by atoms with van der Waals surface area (Å²) in [6.45, 7) is 2.28. The van der Waals surface area contributed by atoms with Gasteiger partial charge < -0.3 is 10.6 Å². The van der Waals surface area contributed by atoms with Crippen LogP contribution in [-0.4, -0.2) is 30.0 Å². The zero-order chi connectivity index (χ0) is 12.4. The highest BCUT2D eigenvalue weighted by molar-refractivity contribution is 5.78. The van der Waals surface area contributed by atoms with Gasteiger partial charge in [-0.25, -0.2) is 4.99 Å². The van der Waals surface area contributed by atoms with Gasteiger partial charge >= 0.3 is 0 Å². The second-order valence-electron chi connectivity index (χ2n) is 6.62. The third kappa shape index (κ3) is 2.50. The lowest BCUT2D eigenvalue weighted by Crippen LogP contribution is -2.46. The van der Waals surface area contributed by atoms with Gasteiger partial charge in [-0.2, -0.15) is 0 Å². The zero-order valence-electron chi connectivity index (χ0n) is 11.5. The molecule has 1 saturated heterocycles. The Morgan fingerprint density at radius 1 is 0.944 bits per heavy atom. The van der Waals surface area contributed by atoms with Crippen LogP contribution in [0.2, 0.25) is 0 Å². The van der Waals surface area contributed by atoms with Crippen molar-refractivity contribution in [2.75, 3.05) is 13.1 Å². The Labute approximate surface area is 111 Å². The van der Waals surface area contributed by atoms with Crippen molar-refractivity contribution in [1.29, 1.82) is 0 Å². The number of aliphatic imine (C=N–C) groups is 1. The monoisotopic (exact) mass is 249 g/mol. The van der Waals surface area contributed by atoms with E-state index in [-0.39, 0.29) is 0 Å². The molecule has 3 aliphatic rings. The van der Waals surface area contributed by atoms with Crippen LogP contribution in [0.3, 0.4) is 0 Å². The summed E-state index contributed by atoms with van der Waals surface area (Å²) in [7, 11) is 0. The summed E-state index contributed by atoms with van der Waals surface area (Å²) in [5, 5.41) is 0. The van der Waals surface area contributed by atoms with Crippen LogP contribution in [0.5, 0.6) is 0 Å². The molecule has 1 spiro atoms. The van der Waals surface area contributed by atoms with Crippen molar-refractivity contribution in [2.45, 2.75) is 70.3 Å². The largest absolute Gasteiger partial charge is 0.370 e. The highest BCUT2D eigenvalue weighted by atomic mass is 15.3. The van der Waals surface area contributed by atoms with Crippen LogP contribution in [0, 0.1) is 5.41 Å². The molecule has 2 N–H and O–H groups in total. The Bertz CT molecular complexity index is 302. The molecule has 0 unspecified atom stereocenters. The van der Waals surface area contributed by atoms with Gasteiger partial charge in [-0.15, -0.1) is 0 Å². The minimum Gasteiger partial charge on any atom is -0.370 e. The van der Waals surface area contributed by atoms with E-state index >= 15 is 0 Å². The second kappa shape index (κ2) is 5.10. The number of guanidine groups is 1. The van der Waals surface area contributed by atoms with E-state index in [0.717, 1.165) is 19.0 Å². The molecule has 1 heterocycles. The lowest BCUT2D eigenvalue weighted by molar-refractivity contribution is 0.153. The fraction of sp³-hybridized carbons (Fsp3) is 0.933. The molecule has 3 rings (SSSR count). The average Bonchev–Trinajstić information content (AvgIpc) is 3.03. The Morgan fingerprint density at radius 3 is 2.17 bits per heavy atom. The molecule has 102 valence electrons. The molecular formula is C15H27N3. The van der Waals surface area contributed by atoms with E-state index in [1.54, 1.807) is 0 Å². The summed E-state index contributed by atoms with van der Waals surface area (Å²) >= 11 is 0. The van der Waals surface area contributed by atoms with Crippen molar-refractivity contribution in [2.24, 2.45) is 16.1 Å². The maximum absolute atomic E-state index is 6.19. The van der Waals surface area contributed by atoms with E-state index in [2.05, 4.69) is 4.90 Å². The van der Waals surface area contributed by atoms with Gasteiger partial charge in [-0.05, 0) is 43.9 Å². The van der Waals surface area contributed by atoms with Gasteiger partial charge in [-0.3, -0.25) is 0 Å². The minimum atomic E-state index is 0.521.